The molecule has 1 atom stereocenters. The number of hydrogen-bond donors (Lipinski definition) is 2. The standard InChI is InChI=1S/C16H19ClN2O2/c17-14-5-1-4-13-15(21)9-11(18-16(13)14)10-19-7-2-3-12(20)6-8-19/h1,4-5,9,12,20H,2-3,6-8,10H2,(H,18,21)/t12-/m0/s1. The third-order valence-electron chi connectivity index (χ3n) is 4.05. The minimum Gasteiger partial charge on any atom is -0.393 e. The summed E-state index contributed by atoms with van der Waals surface area (Å²) in [6.45, 7) is 2.48. The van der Waals surface area contributed by atoms with E-state index in [0.29, 0.717) is 22.5 Å². The van der Waals surface area contributed by atoms with Crippen LogP contribution in [0.3, 0.4) is 0 Å². The van der Waals surface area contributed by atoms with Crippen molar-refractivity contribution in [3.8, 4) is 0 Å². The highest BCUT2D eigenvalue weighted by Gasteiger charge is 2.15. The lowest BCUT2D eigenvalue weighted by atomic mass is 10.2. The number of H-pyrrole nitrogens is 1. The van der Waals surface area contributed by atoms with Gasteiger partial charge in [-0.15, -0.1) is 0 Å². The molecule has 2 N–H and O–H groups in total. The quantitative estimate of drug-likeness (QED) is 0.896. The smallest absolute Gasteiger partial charge is 0.189 e. The van der Waals surface area contributed by atoms with Crippen molar-refractivity contribution in [2.45, 2.75) is 31.9 Å². The zero-order valence-corrected chi connectivity index (χ0v) is 12.6. The van der Waals surface area contributed by atoms with Crippen LogP contribution in [0.15, 0.2) is 29.1 Å². The maximum absolute atomic E-state index is 12.2. The Balaban J connectivity index is 1.87. The normalized spacial score (nSPS) is 20.6. The highest BCUT2D eigenvalue weighted by molar-refractivity contribution is 6.35. The van der Waals surface area contributed by atoms with Gasteiger partial charge in [-0.05, 0) is 37.9 Å². The summed E-state index contributed by atoms with van der Waals surface area (Å²) in [5.41, 5.74) is 1.57. The number of halogens is 1. The molecule has 0 unspecified atom stereocenters. The molecule has 1 fully saturated rings. The molecular weight excluding hydrogens is 288 g/mol. The number of nitrogens with one attached hydrogen (secondary N) is 1. The zero-order valence-electron chi connectivity index (χ0n) is 11.8. The predicted octanol–water partition coefficient (Wildman–Crippen LogP) is 2.53. The molecule has 2 aromatic rings. The lowest BCUT2D eigenvalue weighted by molar-refractivity contribution is 0.154. The van der Waals surface area contributed by atoms with E-state index < -0.39 is 0 Å². The second kappa shape index (κ2) is 6.18. The molecule has 0 spiro atoms. The van der Waals surface area contributed by atoms with Crippen molar-refractivity contribution in [3.63, 3.8) is 0 Å². The zero-order chi connectivity index (χ0) is 14.8. The van der Waals surface area contributed by atoms with Crippen LogP contribution in [0.5, 0.6) is 0 Å². The van der Waals surface area contributed by atoms with Gasteiger partial charge in [0.1, 0.15) is 0 Å². The molecule has 21 heavy (non-hydrogen) atoms. The molecule has 3 rings (SSSR count). The second-order valence-corrected chi connectivity index (χ2v) is 6.09. The van der Waals surface area contributed by atoms with Crippen LogP contribution in [0.2, 0.25) is 5.02 Å². The predicted molar refractivity (Wildman–Crippen MR) is 84.7 cm³/mol. The van der Waals surface area contributed by atoms with Crippen LogP contribution in [0.25, 0.3) is 10.9 Å². The van der Waals surface area contributed by atoms with Crippen LogP contribution in [0.1, 0.15) is 25.0 Å². The monoisotopic (exact) mass is 306 g/mol. The number of aromatic nitrogens is 1. The summed E-state index contributed by atoms with van der Waals surface area (Å²) in [5.74, 6) is 0. The van der Waals surface area contributed by atoms with E-state index in [-0.39, 0.29) is 11.5 Å². The van der Waals surface area contributed by atoms with E-state index in [4.69, 9.17) is 11.6 Å². The molecule has 0 aliphatic carbocycles. The van der Waals surface area contributed by atoms with Gasteiger partial charge in [-0.1, -0.05) is 17.7 Å². The van der Waals surface area contributed by atoms with E-state index >= 15 is 0 Å². The molecule has 0 radical (unpaired) electrons. The van der Waals surface area contributed by atoms with E-state index in [1.807, 2.05) is 0 Å². The average molecular weight is 307 g/mol. The lowest BCUT2D eigenvalue weighted by Gasteiger charge is -2.20. The number of para-hydroxylation sites is 1. The first-order valence-corrected chi connectivity index (χ1v) is 7.72. The van der Waals surface area contributed by atoms with Gasteiger partial charge >= 0.3 is 0 Å². The Morgan fingerprint density at radius 3 is 3.05 bits per heavy atom. The van der Waals surface area contributed by atoms with Crippen molar-refractivity contribution in [1.29, 1.82) is 0 Å². The van der Waals surface area contributed by atoms with E-state index in [1.54, 1.807) is 24.3 Å². The minimum atomic E-state index is -0.194. The largest absolute Gasteiger partial charge is 0.393 e. The van der Waals surface area contributed by atoms with E-state index in [9.17, 15) is 9.90 Å². The fourth-order valence-corrected chi connectivity index (χ4v) is 3.13. The number of aromatic amines is 1. The number of hydrogen-bond acceptors (Lipinski definition) is 3. The average Bonchev–Trinajstić information content (AvgIpc) is 2.65. The molecule has 2 heterocycles. The minimum absolute atomic E-state index is 0.00360. The third-order valence-corrected chi connectivity index (χ3v) is 4.37. The first kappa shape index (κ1) is 14.6. The van der Waals surface area contributed by atoms with Crippen LogP contribution < -0.4 is 5.43 Å². The van der Waals surface area contributed by atoms with Gasteiger partial charge in [0.05, 0.1) is 16.6 Å². The van der Waals surface area contributed by atoms with Crippen LogP contribution in [0.4, 0.5) is 0 Å². The van der Waals surface area contributed by atoms with Gasteiger partial charge < -0.3 is 10.1 Å². The summed E-state index contributed by atoms with van der Waals surface area (Å²) in [4.78, 5) is 17.7. The SMILES string of the molecule is O=c1cc(CN2CCC[C@H](O)CC2)[nH]c2c(Cl)cccc12. The van der Waals surface area contributed by atoms with Gasteiger partial charge in [0.25, 0.3) is 0 Å². The van der Waals surface area contributed by atoms with Crippen molar-refractivity contribution in [2.24, 2.45) is 0 Å². The summed E-state index contributed by atoms with van der Waals surface area (Å²) in [6, 6.07) is 7.01. The molecule has 4 nitrogen and oxygen atoms in total. The van der Waals surface area contributed by atoms with Crippen molar-refractivity contribution in [1.82, 2.24) is 9.88 Å². The van der Waals surface area contributed by atoms with Gasteiger partial charge in [-0.3, -0.25) is 9.69 Å². The summed E-state index contributed by atoms with van der Waals surface area (Å²) >= 11 is 6.17. The Labute approximate surface area is 128 Å². The van der Waals surface area contributed by atoms with Gasteiger partial charge in [-0.2, -0.15) is 0 Å². The molecule has 5 heteroatoms. The molecule has 1 aromatic carbocycles. The third kappa shape index (κ3) is 3.28. The Bertz CT molecular complexity index is 698. The topological polar surface area (TPSA) is 56.3 Å². The highest BCUT2D eigenvalue weighted by atomic mass is 35.5. The molecule has 112 valence electrons. The molecule has 0 saturated carbocycles. The Morgan fingerprint density at radius 2 is 2.19 bits per heavy atom. The summed E-state index contributed by atoms with van der Waals surface area (Å²) in [7, 11) is 0. The molecule has 0 bridgehead atoms. The maximum atomic E-state index is 12.2. The van der Waals surface area contributed by atoms with Crippen molar-refractivity contribution in [2.75, 3.05) is 13.1 Å². The van der Waals surface area contributed by atoms with E-state index in [1.165, 1.54) is 0 Å². The lowest BCUT2D eigenvalue weighted by Crippen LogP contribution is -2.25. The number of likely N-dealkylation sites (tertiary alicyclic amines) is 1. The molecule has 0 amide bonds. The van der Waals surface area contributed by atoms with Gasteiger partial charge in [-0.25, -0.2) is 0 Å². The number of rotatable bonds is 2. The van der Waals surface area contributed by atoms with Gasteiger partial charge in [0, 0.05) is 30.2 Å². The van der Waals surface area contributed by atoms with E-state index in [0.717, 1.165) is 38.0 Å². The van der Waals surface area contributed by atoms with Crippen LogP contribution in [-0.4, -0.2) is 34.2 Å². The van der Waals surface area contributed by atoms with Crippen molar-refractivity contribution >= 4 is 22.5 Å². The number of aliphatic hydroxyl groups excluding tert-OH is 1. The maximum Gasteiger partial charge on any atom is 0.189 e. The fourth-order valence-electron chi connectivity index (χ4n) is 2.91. The second-order valence-electron chi connectivity index (χ2n) is 5.68. The summed E-state index contributed by atoms with van der Waals surface area (Å²) < 4.78 is 0. The van der Waals surface area contributed by atoms with Crippen molar-refractivity contribution < 1.29 is 5.11 Å². The summed E-state index contributed by atoms with van der Waals surface area (Å²) in [5, 5.41) is 10.9. The van der Waals surface area contributed by atoms with E-state index in [2.05, 4.69) is 9.88 Å². The molecular formula is C16H19ClN2O2. The molecule has 1 aromatic heterocycles. The van der Waals surface area contributed by atoms with Crippen LogP contribution >= 0.6 is 11.6 Å². The number of nitrogens with zero attached hydrogens (tertiary/aromatic N) is 1. The number of aliphatic hydroxyl groups is 1. The van der Waals surface area contributed by atoms with Gasteiger partial charge in [0.15, 0.2) is 5.43 Å². The number of benzene rings is 1. The van der Waals surface area contributed by atoms with Crippen molar-refractivity contribution in [3.05, 3.63) is 45.2 Å². The number of pyridine rings is 1. The summed E-state index contributed by atoms with van der Waals surface area (Å²) in [6.07, 6.45) is 2.44. The van der Waals surface area contributed by atoms with Crippen LogP contribution in [-0.2, 0) is 6.54 Å². The van der Waals surface area contributed by atoms with Crippen LogP contribution in [0, 0.1) is 0 Å². The fraction of sp³-hybridized carbons (Fsp3) is 0.438. The first-order chi connectivity index (χ1) is 10.1. The molecule has 1 aliphatic rings. The Kier molecular flexibility index (Phi) is 4.29. The highest BCUT2D eigenvalue weighted by Crippen LogP contribution is 2.20. The number of fused-ring (bicyclic) bond motifs is 1. The molecule has 1 saturated heterocycles. The van der Waals surface area contributed by atoms with Gasteiger partial charge in [0.2, 0.25) is 0 Å². The molecule has 1 aliphatic heterocycles. The first-order valence-electron chi connectivity index (χ1n) is 7.34. The Hall–Kier alpha value is -1.36. The Morgan fingerprint density at radius 1 is 1.33 bits per heavy atom.